The first-order valence-electron chi connectivity index (χ1n) is 11.8. The highest BCUT2D eigenvalue weighted by Crippen LogP contribution is 2.61. The summed E-state index contributed by atoms with van der Waals surface area (Å²) in [6, 6.07) is 11.8. The first-order chi connectivity index (χ1) is 12.8. The van der Waals surface area contributed by atoms with Crippen molar-refractivity contribution in [2.45, 2.75) is 89.4 Å². The number of rotatable bonds is 3. The van der Waals surface area contributed by atoms with Crippen molar-refractivity contribution in [2.24, 2.45) is 35.5 Å². The largest absolute Gasteiger partial charge is 0.0622 e. The molecule has 4 fully saturated rings. The second-order valence-corrected chi connectivity index (χ2v) is 10.4. The van der Waals surface area contributed by atoms with Crippen molar-refractivity contribution in [2.75, 3.05) is 0 Å². The molecule has 0 heteroatoms. The number of benzene rings is 1. The standard InChI is InChI=1S/C26H38/c1-26(21-11-3-2-4-12-21,24-17-15-19-9-5-7-13-22(19)24)25-18-16-20-10-6-8-14-23(20)25/h2-4,11-12,19-20,22-25H,5-10,13-18H2,1H3. The van der Waals surface area contributed by atoms with E-state index in [1.165, 1.54) is 77.0 Å². The van der Waals surface area contributed by atoms with Crippen LogP contribution in [0.1, 0.15) is 89.5 Å². The minimum atomic E-state index is 0.425. The van der Waals surface area contributed by atoms with Crippen molar-refractivity contribution < 1.29 is 0 Å². The summed E-state index contributed by atoms with van der Waals surface area (Å²) < 4.78 is 0. The van der Waals surface area contributed by atoms with E-state index < -0.39 is 0 Å². The van der Waals surface area contributed by atoms with Crippen LogP contribution in [0.15, 0.2) is 30.3 Å². The summed E-state index contributed by atoms with van der Waals surface area (Å²) >= 11 is 0. The fourth-order valence-electron chi connectivity index (χ4n) is 8.45. The summed E-state index contributed by atoms with van der Waals surface area (Å²) in [5.41, 5.74) is 2.11. The Labute approximate surface area is 161 Å². The van der Waals surface area contributed by atoms with Crippen LogP contribution in [0.2, 0.25) is 0 Å². The van der Waals surface area contributed by atoms with Crippen LogP contribution in [0.4, 0.5) is 0 Å². The van der Waals surface area contributed by atoms with E-state index in [9.17, 15) is 0 Å². The molecule has 4 saturated carbocycles. The van der Waals surface area contributed by atoms with Crippen molar-refractivity contribution >= 4 is 0 Å². The monoisotopic (exact) mass is 350 g/mol. The fourth-order valence-corrected chi connectivity index (χ4v) is 8.45. The van der Waals surface area contributed by atoms with Gasteiger partial charge in [-0.25, -0.2) is 0 Å². The van der Waals surface area contributed by atoms with Crippen LogP contribution in [0.3, 0.4) is 0 Å². The molecule has 0 heterocycles. The van der Waals surface area contributed by atoms with Gasteiger partial charge in [-0.2, -0.15) is 0 Å². The lowest BCUT2D eigenvalue weighted by Gasteiger charge is -2.49. The molecule has 4 aliphatic carbocycles. The van der Waals surface area contributed by atoms with Crippen molar-refractivity contribution in [3.63, 3.8) is 0 Å². The Morgan fingerprint density at radius 3 is 1.65 bits per heavy atom. The van der Waals surface area contributed by atoms with E-state index in [1.54, 1.807) is 5.56 Å². The van der Waals surface area contributed by atoms with Crippen LogP contribution in [0, 0.1) is 35.5 Å². The lowest BCUT2D eigenvalue weighted by molar-refractivity contribution is 0.0733. The molecule has 0 aliphatic heterocycles. The molecule has 142 valence electrons. The molecule has 4 aliphatic rings. The summed E-state index contributed by atoms with van der Waals surface area (Å²) in [6.07, 6.45) is 18.2. The minimum absolute atomic E-state index is 0.425. The van der Waals surface area contributed by atoms with Crippen LogP contribution in [0.25, 0.3) is 0 Å². The zero-order valence-electron chi connectivity index (χ0n) is 16.8. The molecule has 1 aromatic rings. The van der Waals surface area contributed by atoms with Gasteiger partial charge in [0.1, 0.15) is 0 Å². The minimum Gasteiger partial charge on any atom is -0.0622 e. The molecular formula is C26H38. The number of fused-ring (bicyclic) bond motifs is 2. The van der Waals surface area contributed by atoms with Gasteiger partial charge < -0.3 is 0 Å². The molecule has 0 saturated heterocycles. The highest BCUT2D eigenvalue weighted by atomic mass is 14.6. The van der Waals surface area contributed by atoms with E-state index >= 15 is 0 Å². The summed E-state index contributed by atoms with van der Waals surface area (Å²) in [5.74, 6) is 6.05. The lowest BCUT2D eigenvalue weighted by atomic mass is 9.55. The Hall–Kier alpha value is -0.780. The topological polar surface area (TPSA) is 0 Å². The van der Waals surface area contributed by atoms with E-state index in [0.717, 1.165) is 35.5 Å². The highest BCUT2D eigenvalue weighted by Gasteiger charge is 2.55. The lowest BCUT2D eigenvalue weighted by Crippen LogP contribution is -2.45. The second kappa shape index (κ2) is 6.99. The maximum Gasteiger partial charge on any atom is -0.00133 e. The van der Waals surface area contributed by atoms with Crippen LogP contribution < -0.4 is 0 Å². The van der Waals surface area contributed by atoms with Gasteiger partial charge >= 0.3 is 0 Å². The Morgan fingerprint density at radius 1 is 0.615 bits per heavy atom. The molecule has 0 bridgehead atoms. The van der Waals surface area contributed by atoms with E-state index in [4.69, 9.17) is 0 Å². The molecule has 5 rings (SSSR count). The third kappa shape index (κ3) is 2.70. The number of hydrogen-bond donors (Lipinski definition) is 0. The summed E-state index contributed by atoms with van der Waals surface area (Å²) in [7, 11) is 0. The van der Waals surface area contributed by atoms with E-state index in [2.05, 4.69) is 37.3 Å². The van der Waals surface area contributed by atoms with Gasteiger partial charge in [0.05, 0.1) is 0 Å². The first-order valence-corrected chi connectivity index (χ1v) is 11.8. The molecular weight excluding hydrogens is 312 g/mol. The number of hydrogen-bond acceptors (Lipinski definition) is 0. The Balaban J connectivity index is 1.54. The quantitative estimate of drug-likeness (QED) is 0.533. The molecule has 26 heavy (non-hydrogen) atoms. The third-order valence-electron chi connectivity index (χ3n) is 9.60. The van der Waals surface area contributed by atoms with Gasteiger partial charge in [0.2, 0.25) is 0 Å². The van der Waals surface area contributed by atoms with Crippen LogP contribution >= 0.6 is 0 Å². The molecule has 0 N–H and O–H groups in total. The Morgan fingerprint density at radius 2 is 1.12 bits per heavy atom. The summed E-state index contributed by atoms with van der Waals surface area (Å²) in [6.45, 7) is 2.73. The molecule has 0 radical (unpaired) electrons. The van der Waals surface area contributed by atoms with Gasteiger partial charge in [0, 0.05) is 0 Å². The average molecular weight is 351 g/mol. The molecule has 1 aromatic carbocycles. The van der Waals surface area contributed by atoms with Crippen LogP contribution in [0.5, 0.6) is 0 Å². The van der Waals surface area contributed by atoms with Gasteiger partial charge in [-0.05, 0) is 85.0 Å². The molecule has 0 aromatic heterocycles. The van der Waals surface area contributed by atoms with Crippen molar-refractivity contribution in [3.8, 4) is 0 Å². The van der Waals surface area contributed by atoms with E-state index in [-0.39, 0.29) is 0 Å². The average Bonchev–Trinajstić information content (AvgIpc) is 3.33. The van der Waals surface area contributed by atoms with Crippen molar-refractivity contribution in [3.05, 3.63) is 35.9 Å². The smallest absolute Gasteiger partial charge is 0.00133 e. The second-order valence-electron chi connectivity index (χ2n) is 10.4. The van der Waals surface area contributed by atoms with Gasteiger partial charge in [-0.3, -0.25) is 0 Å². The molecule has 0 amide bonds. The highest BCUT2D eigenvalue weighted by molar-refractivity contribution is 5.29. The van der Waals surface area contributed by atoms with Gasteiger partial charge in [-0.1, -0.05) is 75.8 Å². The van der Waals surface area contributed by atoms with Gasteiger partial charge in [-0.15, -0.1) is 0 Å². The zero-order chi connectivity index (χ0) is 17.6. The van der Waals surface area contributed by atoms with Crippen molar-refractivity contribution in [1.29, 1.82) is 0 Å². The van der Waals surface area contributed by atoms with Gasteiger partial charge in [0.15, 0.2) is 0 Å². The summed E-state index contributed by atoms with van der Waals surface area (Å²) in [5, 5.41) is 0. The van der Waals surface area contributed by atoms with Crippen molar-refractivity contribution in [1.82, 2.24) is 0 Å². The van der Waals surface area contributed by atoms with Crippen LogP contribution in [-0.2, 0) is 5.41 Å². The molecule has 0 spiro atoms. The predicted octanol–water partition coefficient (Wildman–Crippen LogP) is 7.38. The van der Waals surface area contributed by atoms with Crippen LogP contribution in [-0.4, -0.2) is 0 Å². The Kier molecular flexibility index (Phi) is 4.66. The van der Waals surface area contributed by atoms with E-state index in [1.807, 2.05) is 0 Å². The maximum absolute atomic E-state index is 2.73. The molecule has 6 unspecified atom stereocenters. The first kappa shape index (κ1) is 17.3. The maximum atomic E-state index is 2.73. The molecule has 0 nitrogen and oxygen atoms in total. The normalized spacial score (nSPS) is 42.0. The van der Waals surface area contributed by atoms with Gasteiger partial charge in [0.25, 0.3) is 0 Å². The van der Waals surface area contributed by atoms with E-state index in [0.29, 0.717) is 5.41 Å². The summed E-state index contributed by atoms with van der Waals surface area (Å²) in [4.78, 5) is 0. The SMILES string of the molecule is CC(c1ccccc1)(C1CCC2CCCCC21)C1CCC2CCCCC21. The molecule has 6 atom stereocenters. The third-order valence-corrected chi connectivity index (χ3v) is 9.60. The predicted molar refractivity (Wildman–Crippen MR) is 110 cm³/mol. The fraction of sp³-hybridized carbons (Fsp3) is 0.769. The Bertz CT molecular complexity index is 570. The zero-order valence-corrected chi connectivity index (χ0v) is 16.8.